The SMILES string of the molecule is O=C(CN1C(=O)CCC1=O)N1CCN(CC(O)c2cccs2)CC1. The van der Waals surface area contributed by atoms with Gasteiger partial charge in [-0.3, -0.25) is 24.2 Å². The third kappa shape index (κ3) is 3.82. The molecular weight excluding hydrogens is 330 g/mol. The molecule has 8 heteroatoms. The highest BCUT2D eigenvalue weighted by atomic mass is 32.1. The minimum absolute atomic E-state index is 0.143. The van der Waals surface area contributed by atoms with Crippen molar-refractivity contribution in [1.29, 1.82) is 0 Å². The van der Waals surface area contributed by atoms with E-state index in [-0.39, 0.29) is 37.1 Å². The number of hydrogen-bond donors (Lipinski definition) is 1. The first-order valence-electron chi connectivity index (χ1n) is 8.09. The molecule has 24 heavy (non-hydrogen) atoms. The number of piperazine rings is 1. The molecule has 130 valence electrons. The van der Waals surface area contributed by atoms with Crippen LogP contribution in [0, 0.1) is 0 Å². The third-order valence-corrected chi connectivity index (χ3v) is 5.45. The number of carbonyl (C=O) groups is 3. The van der Waals surface area contributed by atoms with Crippen LogP contribution in [0.3, 0.4) is 0 Å². The highest BCUT2D eigenvalue weighted by Crippen LogP contribution is 2.20. The summed E-state index contributed by atoms with van der Waals surface area (Å²) in [5.74, 6) is -0.700. The van der Waals surface area contributed by atoms with E-state index in [0.717, 1.165) is 9.78 Å². The normalized spacial score (nSPS) is 20.7. The van der Waals surface area contributed by atoms with Crippen LogP contribution in [0.15, 0.2) is 17.5 Å². The van der Waals surface area contributed by atoms with Crippen molar-refractivity contribution < 1.29 is 19.5 Å². The number of nitrogens with zero attached hydrogens (tertiary/aromatic N) is 3. The molecule has 3 rings (SSSR count). The fourth-order valence-corrected chi connectivity index (χ4v) is 3.73. The van der Waals surface area contributed by atoms with Gasteiger partial charge in [0.1, 0.15) is 12.6 Å². The number of amides is 3. The maximum absolute atomic E-state index is 12.3. The summed E-state index contributed by atoms with van der Waals surface area (Å²) < 4.78 is 0. The molecule has 2 fully saturated rings. The molecule has 0 radical (unpaired) electrons. The summed E-state index contributed by atoms with van der Waals surface area (Å²) in [4.78, 5) is 41.3. The first-order chi connectivity index (χ1) is 11.5. The van der Waals surface area contributed by atoms with Crippen LogP contribution in [-0.2, 0) is 14.4 Å². The molecule has 1 N–H and O–H groups in total. The van der Waals surface area contributed by atoms with E-state index in [0.29, 0.717) is 32.7 Å². The van der Waals surface area contributed by atoms with Crippen molar-refractivity contribution in [2.24, 2.45) is 0 Å². The summed E-state index contributed by atoms with van der Waals surface area (Å²) in [6.45, 7) is 2.85. The van der Waals surface area contributed by atoms with Gasteiger partial charge in [-0.1, -0.05) is 6.07 Å². The summed E-state index contributed by atoms with van der Waals surface area (Å²) in [7, 11) is 0. The van der Waals surface area contributed by atoms with E-state index in [1.54, 1.807) is 4.90 Å². The average molecular weight is 351 g/mol. The van der Waals surface area contributed by atoms with Gasteiger partial charge in [0.15, 0.2) is 0 Å². The van der Waals surface area contributed by atoms with Gasteiger partial charge in [-0.25, -0.2) is 0 Å². The molecule has 3 heterocycles. The van der Waals surface area contributed by atoms with Gasteiger partial charge in [0, 0.05) is 50.4 Å². The lowest BCUT2D eigenvalue weighted by Gasteiger charge is -2.36. The molecule has 1 aromatic rings. The molecule has 3 amide bonds. The number of carbonyl (C=O) groups excluding carboxylic acids is 3. The molecular formula is C16H21N3O4S. The quantitative estimate of drug-likeness (QED) is 0.760. The zero-order chi connectivity index (χ0) is 17.1. The average Bonchev–Trinajstić information content (AvgIpc) is 3.21. The Bertz CT molecular complexity index is 595. The second-order valence-corrected chi connectivity index (χ2v) is 7.07. The number of hydrogen-bond acceptors (Lipinski definition) is 6. The van der Waals surface area contributed by atoms with Crippen LogP contribution in [0.2, 0.25) is 0 Å². The van der Waals surface area contributed by atoms with Gasteiger partial charge in [-0.15, -0.1) is 11.3 Å². The Hall–Kier alpha value is -1.77. The maximum atomic E-state index is 12.3. The number of β-amino-alcohol motifs (C(OH)–C–C–N with tert-alkyl or cyclic N) is 1. The molecule has 0 bridgehead atoms. The first-order valence-corrected chi connectivity index (χ1v) is 8.97. The molecule has 0 spiro atoms. The molecule has 0 aromatic carbocycles. The maximum Gasteiger partial charge on any atom is 0.242 e. The van der Waals surface area contributed by atoms with Crippen LogP contribution in [0.5, 0.6) is 0 Å². The summed E-state index contributed by atoms with van der Waals surface area (Å²) in [5.41, 5.74) is 0. The lowest BCUT2D eigenvalue weighted by Crippen LogP contribution is -2.52. The third-order valence-electron chi connectivity index (χ3n) is 4.48. The Kier molecular flexibility index (Phi) is 5.27. The number of thiophene rings is 1. The topological polar surface area (TPSA) is 81.2 Å². The fourth-order valence-electron chi connectivity index (χ4n) is 3.03. The first kappa shape index (κ1) is 17.1. The number of rotatable bonds is 5. The number of imide groups is 1. The second-order valence-electron chi connectivity index (χ2n) is 6.09. The Morgan fingerprint density at radius 1 is 1.17 bits per heavy atom. The summed E-state index contributed by atoms with van der Waals surface area (Å²) >= 11 is 1.53. The predicted octanol–water partition coefficient (Wildman–Crippen LogP) is 0.0747. The summed E-state index contributed by atoms with van der Waals surface area (Å²) in [5, 5.41) is 12.1. The molecule has 1 atom stereocenters. The monoisotopic (exact) mass is 351 g/mol. The molecule has 2 aliphatic heterocycles. The van der Waals surface area contributed by atoms with Gasteiger partial charge in [0.25, 0.3) is 0 Å². The van der Waals surface area contributed by atoms with Crippen LogP contribution < -0.4 is 0 Å². The van der Waals surface area contributed by atoms with Gasteiger partial charge in [0.05, 0.1) is 0 Å². The van der Waals surface area contributed by atoms with E-state index in [1.807, 2.05) is 17.5 Å². The fraction of sp³-hybridized carbons (Fsp3) is 0.562. The molecule has 7 nitrogen and oxygen atoms in total. The second kappa shape index (κ2) is 7.42. The van der Waals surface area contributed by atoms with Gasteiger partial charge >= 0.3 is 0 Å². The van der Waals surface area contributed by atoms with Crippen LogP contribution in [-0.4, -0.2) is 76.8 Å². The van der Waals surface area contributed by atoms with Crippen molar-refractivity contribution in [1.82, 2.24) is 14.7 Å². The van der Waals surface area contributed by atoms with Gasteiger partial charge < -0.3 is 10.0 Å². The Balaban J connectivity index is 1.45. The Labute approximate surface area is 144 Å². The Morgan fingerprint density at radius 3 is 2.42 bits per heavy atom. The number of aliphatic hydroxyl groups excluding tert-OH is 1. The Morgan fingerprint density at radius 2 is 1.83 bits per heavy atom. The van der Waals surface area contributed by atoms with Crippen molar-refractivity contribution in [2.75, 3.05) is 39.3 Å². The molecule has 2 saturated heterocycles. The van der Waals surface area contributed by atoms with E-state index in [4.69, 9.17) is 0 Å². The van der Waals surface area contributed by atoms with E-state index >= 15 is 0 Å². The van der Waals surface area contributed by atoms with Gasteiger partial charge in [0.2, 0.25) is 17.7 Å². The zero-order valence-electron chi connectivity index (χ0n) is 13.4. The van der Waals surface area contributed by atoms with Crippen LogP contribution in [0.4, 0.5) is 0 Å². The van der Waals surface area contributed by atoms with Crippen LogP contribution >= 0.6 is 11.3 Å². The van der Waals surface area contributed by atoms with Crippen LogP contribution in [0.25, 0.3) is 0 Å². The lowest BCUT2D eigenvalue weighted by molar-refractivity contribution is -0.146. The summed E-state index contributed by atoms with van der Waals surface area (Å²) in [6.07, 6.45) is -0.0897. The number of aliphatic hydroxyl groups is 1. The minimum Gasteiger partial charge on any atom is -0.386 e. The van der Waals surface area contributed by atoms with Gasteiger partial charge in [-0.2, -0.15) is 0 Å². The largest absolute Gasteiger partial charge is 0.386 e. The van der Waals surface area contributed by atoms with E-state index in [9.17, 15) is 19.5 Å². The zero-order valence-corrected chi connectivity index (χ0v) is 14.2. The van der Waals surface area contributed by atoms with Crippen molar-refractivity contribution in [3.05, 3.63) is 22.4 Å². The number of likely N-dealkylation sites (tertiary alicyclic amines) is 1. The highest BCUT2D eigenvalue weighted by Gasteiger charge is 2.32. The molecule has 0 saturated carbocycles. The highest BCUT2D eigenvalue weighted by molar-refractivity contribution is 7.10. The van der Waals surface area contributed by atoms with Crippen molar-refractivity contribution in [3.8, 4) is 0 Å². The molecule has 1 unspecified atom stereocenters. The molecule has 1 aromatic heterocycles. The molecule has 2 aliphatic rings. The van der Waals surface area contributed by atoms with Gasteiger partial charge in [-0.05, 0) is 11.4 Å². The molecule has 0 aliphatic carbocycles. The van der Waals surface area contributed by atoms with E-state index < -0.39 is 6.10 Å². The van der Waals surface area contributed by atoms with E-state index in [2.05, 4.69) is 4.90 Å². The van der Waals surface area contributed by atoms with E-state index in [1.165, 1.54) is 11.3 Å². The van der Waals surface area contributed by atoms with Crippen molar-refractivity contribution in [3.63, 3.8) is 0 Å². The van der Waals surface area contributed by atoms with Crippen molar-refractivity contribution >= 4 is 29.1 Å². The smallest absolute Gasteiger partial charge is 0.242 e. The minimum atomic E-state index is -0.507. The summed E-state index contributed by atoms with van der Waals surface area (Å²) in [6, 6.07) is 3.83. The predicted molar refractivity (Wildman–Crippen MR) is 88.3 cm³/mol. The van der Waals surface area contributed by atoms with Crippen LogP contribution in [0.1, 0.15) is 23.8 Å². The standard InChI is InChI=1S/C16H21N3O4S/c20-12(13-2-1-9-24-13)10-17-5-7-18(8-6-17)16(23)11-19-14(21)3-4-15(19)22/h1-2,9,12,20H,3-8,10-11H2. The lowest BCUT2D eigenvalue weighted by atomic mass is 10.2. The van der Waals surface area contributed by atoms with Crippen molar-refractivity contribution in [2.45, 2.75) is 18.9 Å².